The number of fused-ring (bicyclic) bond motifs is 2. The average molecular weight is 411 g/mol. The number of H-pyrrole nitrogens is 1. The Bertz CT molecular complexity index is 1330. The van der Waals surface area contributed by atoms with E-state index < -0.39 is 5.91 Å². The lowest BCUT2D eigenvalue weighted by molar-refractivity contribution is 0.0999. The SMILES string of the molecule is Cc1c(C(N)=O)ccc(-c2c[nH]c3ncc(-c4ccc5c(c4)CCN(C)C5)cc23)c1C. The van der Waals surface area contributed by atoms with E-state index in [1.165, 1.54) is 16.7 Å². The monoisotopic (exact) mass is 410 g/mol. The molecule has 0 unspecified atom stereocenters. The maximum atomic E-state index is 11.7. The Hall–Kier alpha value is -3.44. The van der Waals surface area contributed by atoms with Crippen molar-refractivity contribution in [2.24, 2.45) is 5.73 Å². The minimum absolute atomic E-state index is 0.395. The van der Waals surface area contributed by atoms with Gasteiger partial charge in [-0.15, -0.1) is 0 Å². The van der Waals surface area contributed by atoms with Crippen LogP contribution in [0.2, 0.25) is 0 Å². The van der Waals surface area contributed by atoms with Gasteiger partial charge < -0.3 is 15.6 Å². The van der Waals surface area contributed by atoms with Gasteiger partial charge in [-0.3, -0.25) is 4.79 Å². The third-order valence-electron chi connectivity index (χ3n) is 6.62. The van der Waals surface area contributed by atoms with E-state index in [1.807, 2.05) is 38.4 Å². The van der Waals surface area contributed by atoms with Crippen molar-refractivity contribution in [3.63, 3.8) is 0 Å². The molecule has 0 fully saturated rings. The molecule has 0 radical (unpaired) electrons. The van der Waals surface area contributed by atoms with E-state index in [2.05, 4.69) is 46.2 Å². The van der Waals surface area contributed by atoms with Gasteiger partial charge in [-0.25, -0.2) is 4.98 Å². The summed E-state index contributed by atoms with van der Waals surface area (Å²) in [6.07, 6.45) is 5.01. The number of aromatic amines is 1. The molecule has 1 aliphatic heterocycles. The van der Waals surface area contributed by atoms with Crippen molar-refractivity contribution in [1.82, 2.24) is 14.9 Å². The Morgan fingerprint density at radius 3 is 2.68 bits per heavy atom. The Morgan fingerprint density at radius 2 is 1.87 bits per heavy atom. The molecule has 156 valence electrons. The van der Waals surface area contributed by atoms with E-state index in [1.54, 1.807) is 0 Å². The zero-order valence-electron chi connectivity index (χ0n) is 18.1. The molecule has 5 heteroatoms. The van der Waals surface area contributed by atoms with Crippen LogP contribution in [0.4, 0.5) is 0 Å². The zero-order chi connectivity index (χ0) is 21.7. The summed E-state index contributed by atoms with van der Waals surface area (Å²) in [5, 5.41) is 1.07. The normalized spacial score (nSPS) is 14.0. The van der Waals surface area contributed by atoms with E-state index in [9.17, 15) is 4.79 Å². The summed E-state index contributed by atoms with van der Waals surface area (Å²) in [5.41, 5.74) is 16.2. The number of nitrogens with two attached hydrogens (primary N) is 1. The fourth-order valence-electron chi connectivity index (χ4n) is 4.64. The molecule has 1 amide bonds. The number of hydrogen-bond acceptors (Lipinski definition) is 3. The molecule has 1 aliphatic rings. The highest BCUT2D eigenvalue weighted by molar-refractivity contribution is 5.99. The van der Waals surface area contributed by atoms with Crippen molar-refractivity contribution in [2.45, 2.75) is 26.8 Å². The first-order chi connectivity index (χ1) is 14.9. The Balaban J connectivity index is 1.60. The van der Waals surface area contributed by atoms with Gasteiger partial charge in [0.15, 0.2) is 0 Å². The number of amides is 1. The van der Waals surface area contributed by atoms with E-state index in [-0.39, 0.29) is 0 Å². The third-order valence-corrected chi connectivity index (χ3v) is 6.62. The lowest BCUT2D eigenvalue weighted by Crippen LogP contribution is -2.26. The molecule has 0 saturated carbocycles. The number of benzene rings is 2. The van der Waals surface area contributed by atoms with Gasteiger partial charge in [0.05, 0.1) is 0 Å². The fraction of sp³-hybridized carbons (Fsp3) is 0.231. The summed E-state index contributed by atoms with van der Waals surface area (Å²) < 4.78 is 0. The second-order valence-corrected chi connectivity index (χ2v) is 8.57. The smallest absolute Gasteiger partial charge is 0.248 e. The number of aromatic nitrogens is 2. The highest BCUT2D eigenvalue weighted by Gasteiger charge is 2.17. The van der Waals surface area contributed by atoms with Crippen molar-refractivity contribution >= 4 is 16.9 Å². The molecule has 0 spiro atoms. The van der Waals surface area contributed by atoms with Gasteiger partial charge in [0.2, 0.25) is 5.91 Å². The molecular formula is C26H26N4O. The number of nitrogens with one attached hydrogen (secondary N) is 1. The Morgan fingerprint density at radius 1 is 1.03 bits per heavy atom. The molecule has 31 heavy (non-hydrogen) atoms. The van der Waals surface area contributed by atoms with Crippen LogP contribution in [0.15, 0.2) is 48.8 Å². The maximum absolute atomic E-state index is 11.7. The van der Waals surface area contributed by atoms with Crippen LogP contribution < -0.4 is 5.73 Å². The van der Waals surface area contributed by atoms with Crippen LogP contribution in [0.5, 0.6) is 0 Å². The minimum atomic E-state index is -0.395. The summed E-state index contributed by atoms with van der Waals surface area (Å²) in [6, 6.07) is 12.8. The molecule has 0 saturated heterocycles. The summed E-state index contributed by atoms with van der Waals surface area (Å²) in [6.45, 7) is 6.08. The first-order valence-electron chi connectivity index (χ1n) is 10.6. The molecule has 0 bridgehead atoms. The predicted molar refractivity (Wildman–Crippen MR) is 125 cm³/mol. The Labute approximate surface area is 181 Å². The molecular weight excluding hydrogens is 384 g/mol. The number of carbonyl (C=O) groups excluding carboxylic acids is 1. The van der Waals surface area contributed by atoms with E-state index >= 15 is 0 Å². The molecule has 2 aromatic carbocycles. The van der Waals surface area contributed by atoms with Gasteiger partial charge in [-0.05, 0) is 72.8 Å². The van der Waals surface area contributed by atoms with Gasteiger partial charge >= 0.3 is 0 Å². The molecule has 3 N–H and O–H groups in total. The van der Waals surface area contributed by atoms with Gasteiger partial charge in [0.25, 0.3) is 0 Å². The van der Waals surface area contributed by atoms with Crippen LogP contribution in [-0.2, 0) is 13.0 Å². The fourth-order valence-corrected chi connectivity index (χ4v) is 4.64. The highest BCUT2D eigenvalue weighted by Crippen LogP contribution is 2.35. The molecule has 4 aromatic rings. The molecule has 0 aliphatic carbocycles. The van der Waals surface area contributed by atoms with E-state index in [0.717, 1.165) is 58.4 Å². The molecule has 5 rings (SSSR count). The summed E-state index contributed by atoms with van der Waals surface area (Å²) in [4.78, 5) is 22.0. The van der Waals surface area contributed by atoms with Crippen LogP contribution in [-0.4, -0.2) is 34.4 Å². The third kappa shape index (κ3) is 3.31. The van der Waals surface area contributed by atoms with E-state index in [0.29, 0.717) is 5.56 Å². The molecule has 3 heterocycles. The van der Waals surface area contributed by atoms with Crippen LogP contribution in [0.1, 0.15) is 32.6 Å². The predicted octanol–water partition coefficient (Wildman–Crippen LogP) is 4.60. The highest BCUT2D eigenvalue weighted by atomic mass is 16.1. The first kappa shape index (κ1) is 19.5. The van der Waals surface area contributed by atoms with E-state index in [4.69, 9.17) is 5.73 Å². The van der Waals surface area contributed by atoms with Gasteiger partial charge in [0, 0.05) is 47.6 Å². The van der Waals surface area contributed by atoms with Gasteiger partial charge in [-0.1, -0.05) is 24.3 Å². The number of carbonyl (C=O) groups is 1. The topological polar surface area (TPSA) is 75.0 Å². The average Bonchev–Trinajstić information content (AvgIpc) is 3.18. The number of hydrogen-bond donors (Lipinski definition) is 2. The van der Waals surface area contributed by atoms with Crippen LogP contribution >= 0.6 is 0 Å². The first-order valence-corrected chi connectivity index (χ1v) is 10.6. The van der Waals surface area contributed by atoms with Gasteiger partial charge in [0.1, 0.15) is 5.65 Å². The Kier molecular flexibility index (Phi) is 4.63. The molecule has 5 nitrogen and oxygen atoms in total. The van der Waals surface area contributed by atoms with Gasteiger partial charge in [-0.2, -0.15) is 0 Å². The largest absolute Gasteiger partial charge is 0.366 e. The standard InChI is InChI=1S/C26H26N4O/c1-15-16(2)22(25(27)31)7-6-21(15)24-13-29-26-23(24)11-20(12-28-26)17-4-5-19-14-30(3)9-8-18(19)10-17/h4-7,10-13H,8-9,14H2,1-3H3,(H2,27,31)(H,28,29). The number of rotatable bonds is 3. The number of primary amides is 1. The minimum Gasteiger partial charge on any atom is -0.366 e. The quantitative estimate of drug-likeness (QED) is 0.518. The van der Waals surface area contributed by atoms with Crippen LogP contribution in [0, 0.1) is 13.8 Å². The number of pyridine rings is 1. The van der Waals surface area contributed by atoms with Crippen LogP contribution in [0.25, 0.3) is 33.3 Å². The second kappa shape index (κ2) is 7.36. The van der Waals surface area contributed by atoms with Crippen LogP contribution in [0.3, 0.4) is 0 Å². The van der Waals surface area contributed by atoms with Crippen molar-refractivity contribution in [1.29, 1.82) is 0 Å². The lowest BCUT2D eigenvalue weighted by atomic mass is 9.92. The summed E-state index contributed by atoms with van der Waals surface area (Å²) in [5.74, 6) is -0.395. The number of likely N-dealkylation sites (N-methyl/N-ethyl adjacent to an activating group) is 1. The number of nitrogens with zero attached hydrogens (tertiary/aromatic N) is 2. The van der Waals surface area contributed by atoms with Crippen molar-refractivity contribution in [2.75, 3.05) is 13.6 Å². The van der Waals surface area contributed by atoms with Crippen molar-refractivity contribution < 1.29 is 4.79 Å². The zero-order valence-corrected chi connectivity index (χ0v) is 18.1. The summed E-state index contributed by atoms with van der Waals surface area (Å²) in [7, 11) is 2.17. The molecule has 2 aromatic heterocycles. The second-order valence-electron chi connectivity index (χ2n) is 8.57. The maximum Gasteiger partial charge on any atom is 0.248 e. The van der Waals surface area contributed by atoms with Crippen molar-refractivity contribution in [3.8, 4) is 22.3 Å². The lowest BCUT2D eigenvalue weighted by Gasteiger charge is -2.25. The molecule has 0 atom stereocenters. The van der Waals surface area contributed by atoms with Crippen molar-refractivity contribution in [3.05, 3.63) is 76.6 Å². The summed E-state index contributed by atoms with van der Waals surface area (Å²) >= 11 is 0.